The number of carbonyl (C=O) groups excluding carboxylic acids is 1. The van der Waals surface area contributed by atoms with Gasteiger partial charge in [0.2, 0.25) is 0 Å². The van der Waals surface area contributed by atoms with Gasteiger partial charge < -0.3 is 14.4 Å². The zero-order valence-electron chi connectivity index (χ0n) is 17.3. The van der Waals surface area contributed by atoms with Crippen molar-refractivity contribution in [3.8, 4) is 5.75 Å². The summed E-state index contributed by atoms with van der Waals surface area (Å²) in [7, 11) is 0. The summed E-state index contributed by atoms with van der Waals surface area (Å²) in [5.74, 6) is 0.236. The average Bonchev–Trinajstić information content (AvgIpc) is 3.21. The molecule has 0 radical (unpaired) electrons. The molecule has 0 saturated heterocycles. The van der Waals surface area contributed by atoms with Gasteiger partial charge in [0.15, 0.2) is 5.17 Å². The summed E-state index contributed by atoms with van der Waals surface area (Å²) in [5, 5.41) is 3.84. The zero-order valence-corrected chi connectivity index (χ0v) is 21.2. The van der Waals surface area contributed by atoms with Crippen LogP contribution < -0.4 is 4.74 Å². The van der Waals surface area contributed by atoms with Crippen molar-refractivity contribution in [3.63, 3.8) is 0 Å². The zero-order chi connectivity index (χ0) is 22.8. The van der Waals surface area contributed by atoms with Crippen LogP contribution in [0, 0.1) is 0 Å². The molecule has 1 atom stereocenters. The van der Waals surface area contributed by atoms with E-state index in [1.54, 1.807) is 19.1 Å². The Kier molecular flexibility index (Phi) is 7.20. The Bertz CT molecular complexity index is 1170. The van der Waals surface area contributed by atoms with Crippen molar-refractivity contribution < 1.29 is 14.3 Å². The Morgan fingerprint density at radius 2 is 2.06 bits per heavy atom. The number of nitrogens with zero attached hydrogens (tertiary/aromatic N) is 2. The predicted octanol–water partition coefficient (Wildman–Crippen LogP) is 7.10. The maximum atomic E-state index is 12.9. The number of hydrogen-bond acceptors (Lipinski definition) is 6. The highest BCUT2D eigenvalue weighted by Crippen LogP contribution is 2.44. The minimum absolute atomic E-state index is 0.250. The van der Waals surface area contributed by atoms with Crippen molar-refractivity contribution in [3.05, 3.63) is 84.9 Å². The van der Waals surface area contributed by atoms with Gasteiger partial charge in [0.05, 0.1) is 23.9 Å². The molecule has 166 valence electrons. The van der Waals surface area contributed by atoms with Crippen LogP contribution in [0.5, 0.6) is 5.75 Å². The molecule has 2 heterocycles. The Balaban J connectivity index is 1.75. The van der Waals surface area contributed by atoms with Crippen molar-refractivity contribution in [1.82, 2.24) is 4.90 Å². The molecule has 0 unspecified atom stereocenters. The molecule has 32 heavy (non-hydrogen) atoms. The summed E-state index contributed by atoms with van der Waals surface area (Å²) < 4.78 is 12.4. The maximum Gasteiger partial charge on any atom is 0.338 e. The summed E-state index contributed by atoms with van der Waals surface area (Å²) in [6, 6.07) is 10.6. The summed E-state index contributed by atoms with van der Waals surface area (Å²) in [6.45, 7) is 4.14. The molecule has 0 aliphatic carbocycles. The molecule has 2 aromatic rings. The molecule has 2 aromatic carbocycles. The fraction of sp³-hybridized carbons (Fsp3) is 0.217. The van der Waals surface area contributed by atoms with E-state index in [0.29, 0.717) is 27.1 Å². The van der Waals surface area contributed by atoms with Crippen LogP contribution in [0.3, 0.4) is 0 Å². The van der Waals surface area contributed by atoms with Gasteiger partial charge in [-0.25, -0.2) is 9.79 Å². The van der Waals surface area contributed by atoms with Gasteiger partial charge in [0.25, 0.3) is 0 Å². The number of allylic oxidation sites excluding steroid dienone is 1. The first-order valence-corrected chi connectivity index (χ1v) is 12.3. The van der Waals surface area contributed by atoms with Crippen molar-refractivity contribution in [2.24, 2.45) is 4.99 Å². The fourth-order valence-electron chi connectivity index (χ4n) is 3.53. The second kappa shape index (κ2) is 9.91. The first-order valence-electron chi connectivity index (χ1n) is 9.83. The molecule has 0 spiro atoms. The van der Waals surface area contributed by atoms with Crippen LogP contribution in [0.2, 0.25) is 10.0 Å². The lowest BCUT2D eigenvalue weighted by molar-refractivity contribution is -0.139. The van der Waals surface area contributed by atoms with Crippen LogP contribution in [0.4, 0.5) is 0 Å². The highest BCUT2D eigenvalue weighted by atomic mass is 79.9. The van der Waals surface area contributed by atoms with E-state index in [2.05, 4.69) is 20.9 Å². The van der Waals surface area contributed by atoms with Gasteiger partial charge >= 0.3 is 5.97 Å². The van der Waals surface area contributed by atoms with Crippen molar-refractivity contribution >= 4 is 62.0 Å². The standard InChI is InChI=1S/C23H19BrCl2N2O3S/c1-3-30-22(29)20-13(2)27-23-28(8-9-32-23)21(20)17-10-15(24)5-7-19(17)31-12-14-4-6-16(25)11-18(14)26/h4-11,21H,3,12H2,1-2H3/t21-/m0/s1. The molecule has 0 aromatic heterocycles. The van der Waals surface area contributed by atoms with E-state index < -0.39 is 12.0 Å². The van der Waals surface area contributed by atoms with E-state index in [0.717, 1.165) is 20.8 Å². The number of fused-ring (bicyclic) bond motifs is 1. The number of carbonyl (C=O) groups is 1. The largest absolute Gasteiger partial charge is 0.488 e. The number of amidine groups is 1. The lowest BCUT2D eigenvalue weighted by Crippen LogP contribution is -2.34. The van der Waals surface area contributed by atoms with Crippen LogP contribution in [-0.2, 0) is 16.1 Å². The Morgan fingerprint density at radius 1 is 1.25 bits per heavy atom. The summed E-state index contributed by atoms with van der Waals surface area (Å²) in [6.07, 6.45) is 1.92. The Hall–Kier alpha value is -1.93. The lowest BCUT2D eigenvalue weighted by Gasteiger charge is -2.34. The van der Waals surface area contributed by atoms with E-state index in [-0.39, 0.29) is 13.2 Å². The molecule has 0 N–H and O–H groups in total. The summed E-state index contributed by atoms with van der Waals surface area (Å²) in [5.41, 5.74) is 2.73. The van der Waals surface area contributed by atoms with Crippen LogP contribution in [-0.4, -0.2) is 22.6 Å². The van der Waals surface area contributed by atoms with Crippen LogP contribution in [0.25, 0.3) is 0 Å². The number of ether oxygens (including phenoxy) is 2. The topological polar surface area (TPSA) is 51.1 Å². The molecule has 0 fully saturated rings. The van der Waals surface area contributed by atoms with E-state index in [9.17, 15) is 4.79 Å². The van der Waals surface area contributed by atoms with Gasteiger partial charge in [-0.15, -0.1) is 0 Å². The van der Waals surface area contributed by atoms with Crippen molar-refractivity contribution in [1.29, 1.82) is 0 Å². The Labute approximate surface area is 209 Å². The van der Waals surface area contributed by atoms with Crippen molar-refractivity contribution in [2.45, 2.75) is 26.5 Å². The SMILES string of the molecule is CCOC(=O)C1=C(C)N=C2SC=CN2[C@H]1c1cc(Br)ccc1OCc1ccc(Cl)cc1Cl. The maximum absolute atomic E-state index is 12.9. The van der Waals surface area contributed by atoms with E-state index in [1.807, 2.05) is 47.7 Å². The highest BCUT2D eigenvalue weighted by molar-refractivity contribution is 9.10. The number of halogens is 3. The first kappa shape index (κ1) is 23.2. The molecule has 0 bridgehead atoms. The van der Waals surface area contributed by atoms with Crippen LogP contribution in [0.15, 0.2) is 68.7 Å². The van der Waals surface area contributed by atoms with Gasteiger partial charge in [0.1, 0.15) is 12.4 Å². The molecule has 2 aliphatic rings. The third kappa shape index (κ3) is 4.71. The second-order valence-corrected chi connectivity index (χ2v) is 9.67. The van der Waals surface area contributed by atoms with E-state index in [1.165, 1.54) is 11.8 Å². The third-order valence-corrected chi connectivity index (χ3v) is 6.83. The average molecular weight is 554 g/mol. The van der Waals surface area contributed by atoms with Crippen LogP contribution >= 0.6 is 50.9 Å². The highest BCUT2D eigenvalue weighted by Gasteiger charge is 2.39. The van der Waals surface area contributed by atoms with Gasteiger partial charge in [-0.3, -0.25) is 0 Å². The molecular weight excluding hydrogens is 535 g/mol. The van der Waals surface area contributed by atoms with E-state index in [4.69, 9.17) is 32.7 Å². The van der Waals surface area contributed by atoms with Crippen LogP contribution in [0.1, 0.15) is 31.0 Å². The Morgan fingerprint density at radius 3 is 2.81 bits per heavy atom. The molecular formula is C23H19BrCl2N2O3S. The second-order valence-electron chi connectivity index (χ2n) is 7.03. The number of thioether (sulfide) groups is 1. The smallest absolute Gasteiger partial charge is 0.338 e. The van der Waals surface area contributed by atoms with Gasteiger partial charge in [0, 0.05) is 31.8 Å². The summed E-state index contributed by atoms with van der Waals surface area (Å²) >= 11 is 17.4. The normalized spacial score (nSPS) is 17.3. The van der Waals surface area contributed by atoms with Gasteiger partial charge in [-0.2, -0.15) is 0 Å². The molecule has 0 amide bonds. The third-order valence-electron chi connectivity index (χ3n) is 4.98. The molecule has 4 rings (SSSR count). The number of esters is 1. The van der Waals surface area contributed by atoms with E-state index >= 15 is 0 Å². The van der Waals surface area contributed by atoms with Crippen molar-refractivity contribution in [2.75, 3.05) is 6.61 Å². The number of hydrogen-bond donors (Lipinski definition) is 0. The first-order chi connectivity index (χ1) is 15.4. The molecule has 9 heteroatoms. The molecule has 5 nitrogen and oxygen atoms in total. The lowest BCUT2D eigenvalue weighted by atomic mass is 9.94. The summed E-state index contributed by atoms with van der Waals surface area (Å²) in [4.78, 5) is 19.5. The minimum Gasteiger partial charge on any atom is -0.488 e. The number of rotatable bonds is 6. The quantitative estimate of drug-likeness (QED) is 0.357. The molecule has 2 aliphatic heterocycles. The minimum atomic E-state index is -0.444. The van der Waals surface area contributed by atoms with Gasteiger partial charge in [-0.1, -0.05) is 57.0 Å². The monoisotopic (exact) mass is 552 g/mol. The fourth-order valence-corrected chi connectivity index (χ4v) is 5.17. The number of benzene rings is 2. The van der Waals surface area contributed by atoms with Gasteiger partial charge in [-0.05, 0) is 49.6 Å². The predicted molar refractivity (Wildman–Crippen MR) is 133 cm³/mol. The molecule has 0 saturated carbocycles. The number of aliphatic imine (C=N–C) groups is 1.